The Morgan fingerprint density at radius 1 is 1.08 bits per heavy atom. The van der Waals surface area contributed by atoms with E-state index in [1.807, 2.05) is 17.0 Å². The van der Waals surface area contributed by atoms with Crippen molar-refractivity contribution in [1.29, 1.82) is 0 Å². The predicted molar refractivity (Wildman–Crippen MR) is 141 cm³/mol. The maximum atomic E-state index is 13.0. The topological polar surface area (TPSA) is 141 Å². The Kier molecular flexibility index (Phi) is 6.84. The van der Waals surface area contributed by atoms with Crippen LogP contribution >= 0.6 is 0 Å². The first-order valence-electron chi connectivity index (χ1n) is 12.1. The van der Waals surface area contributed by atoms with Crippen molar-refractivity contribution < 1.29 is 9.59 Å². The SMILES string of the molecule is C=NNc1ncc(-c2cncc(NC(=O)CC)c2)cc1Cc1nc2c(C(=O)N3CCCC3)cncc2[nH]1. The fourth-order valence-corrected chi connectivity index (χ4v) is 4.39. The zero-order valence-corrected chi connectivity index (χ0v) is 20.5. The number of pyridine rings is 3. The van der Waals surface area contributed by atoms with Gasteiger partial charge < -0.3 is 15.2 Å². The Labute approximate surface area is 213 Å². The van der Waals surface area contributed by atoms with Crippen LogP contribution in [-0.2, 0) is 11.2 Å². The molecule has 1 aliphatic rings. The van der Waals surface area contributed by atoms with Gasteiger partial charge in [0.2, 0.25) is 5.91 Å². The summed E-state index contributed by atoms with van der Waals surface area (Å²) in [5.74, 6) is 1.06. The predicted octanol–water partition coefficient (Wildman–Crippen LogP) is 3.62. The lowest BCUT2D eigenvalue weighted by atomic mass is 10.0. The van der Waals surface area contributed by atoms with E-state index < -0.39 is 0 Å². The highest BCUT2D eigenvalue weighted by Gasteiger charge is 2.23. The number of aromatic amines is 1. The second-order valence-corrected chi connectivity index (χ2v) is 8.81. The number of H-pyrrole nitrogens is 1. The lowest BCUT2D eigenvalue weighted by Gasteiger charge is -2.14. The monoisotopic (exact) mass is 497 g/mol. The van der Waals surface area contributed by atoms with Gasteiger partial charge in [0.15, 0.2) is 0 Å². The molecule has 11 heteroatoms. The number of rotatable bonds is 8. The second kappa shape index (κ2) is 10.5. The number of amides is 2. The van der Waals surface area contributed by atoms with Crippen LogP contribution in [-0.4, -0.2) is 61.4 Å². The maximum Gasteiger partial charge on any atom is 0.257 e. The van der Waals surface area contributed by atoms with Crippen molar-refractivity contribution in [3.05, 3.63) is 60.1 Å². The van der Waals surface area contributed by atoms with E-state index in [2.05, 4.69) is 42.5 Å². The summed E-state index contributed by atoms with van der Waals surface area (Å²) in [6.45, 7) is 6.82. The van der Waals surface area contributed by atoms with E-state index in [1.54, 1.807) is 37.9 Å². The van der Waals surface area contributed by atoms with Crippen molar-refractivity contribution in [1.82, 2.24) is 29.8 Å². The molecule has 0 spiro atoms. The van der Waals surface area contributed by atoms with Crippen molar-refractivity contribution >= 4 is 41.1 Å². The van der Waals surface area contributed by atoms with E-state index in [4.69, 9.17) is 4.98 Å². The summed E-state index contributed by atoms with van der Waals surface area (Å²) in [6.07, 6.45) is 11.1. The fraction of sp³-hybridized carbons (Fsp3) is 0.269. The van der Waals surface area contributed by atoms with Gasteiger partial charge in [-0.15, -0.1) is 0 Å². The van der Waals surface area contributed by atoms with Crippen molar-refractivity contribution in [2.75, 3.05) is 23.8 Å². The molecule has 0 bridgehead atoms. The van der Waals surface area contributed by atoms with Crippen LogP contribution in [0.15, 0.2) is 48.2 Å². The Bertz CT molecular complexity index is 1470. The van der Waals surface area contributed by atoms with Crippen molar-refractivity contribution in [2.45, 2.75) is 32.6 Å². The highest BCUT2D eigenvalue weighted by Crippen LogP contribution is 2.27. The Balaban J connectivity index is 1.47. The number of hydrogen-bond acceptors (Lipinski definition) is 8. The number of hydrogen-bond donors (Lipinski definition) is 3. The Hall–Kier alpha value is -4.67. The van der Waals surface area contributed by atoms with Crippen LogP contribution in [0.25, 0.3) is 22.2 Å². The lowest BCUT2D eigenvalue weighted by molar-refractivity contribution is -0.115. The molecule has 0 unspecified atom stereocenters. The van der Waals surface area contributed by atoms with E-state index in [1.165, 1.54) is 0 Å². The van der Waals surface area contributed by atoms with Crippen LogP contribution in [0.2, 0.25) is 0 Å². The van der Waals surface area contributed by atoms with Gasteiger partial charge in [0.05, 0.1) is 29.2 Å². The van der Waals surface area contributed by atoms with Gasteiger partial charge in [-0.3, -0.25) is 25.0 Å². The molecule has 0 radical (unpaired) electrons. The molecule has 11 nitrogen and oxygen atoms in total. The van der Waals surface area contributed by atoms with Crippen LogP contribution < -0.4 is 10.7 Å². The summed E-state index contributed by atoms with van der Waals surface area (Å²) in [6, 6.07) is 3.81. The molecule has 1 fully saturated rings. The summed E-state index contributed by atoms with van der Waals surface area (Å²) in [7, 11) is 0. The van der Waals surface area contributed by atoms with Gasteiger partial charge in [-0.1, -0.05) is 6.92 Å². The summed E-state index contributed by atoms with van der Waals surface area (Å²) >= 11 is 0. The van der Waals surface area contributed by atoms with Crippen LogP contribution in [0.5, 0.6) is 0 Å². The summed E-state index contributed by atoms with van der Waals surface area (Å²) < 4.78 is 0. The van der Waals surface area contributed by atoms with Crippen molar-refractivity contribution in [2.24, 2.45) is 5.10 Å². The molecule has 0 atom stereocenters. The molecule has 3 N–H and O–H groups in total. The smallest absolute Gasteiger partial charge is 0.257 e. The van der Waals surface area contributed by atoms with Gasteiger partial charge in [0.1, 0.15) is 17.2 Å². The van der Waals surface area contributed by atoms with Gasteiger partial charge >= 0.3 is 0 Å². The first-order chi connectivity index (χ1) is 18.1. The van der Waals surface area contributed by atoms with Crippen LogP contribution in [0, 0.1) is 0 Å². The van der Waals surface area contributed by atoms with E-state index in [0.29, 0.717) is 46.8 Å². The minimum absolute atomic E-state index is 0.0435. The quantitative estimate of drug-likeness (QED) is 0.249. The Morgan fingerprint density at radius 3 is 2.65 bits per heavy atom. The zero-order chi connectivity index (χ0) is 25.8. The van der Waals surface area contributed by atoms with E-state index in [9.17, 15) is 9.59 Å². The second-order valence-electron chi connectivity index (χ2n) is 8.81. The highest BCUT2D eigenvalue weighted by atomic mass is 16.2. The molecule has 0 aromatic carbocycles. The van der Waals surface area contributed by atoms with Gasteiger partial charge in [0, 0.05) is 67.9 Å². The number of carbonyl (C=O) groups is 2. The average molecular weight is 498 g/mol. The number of hydrazone groups is 1. The van der Waals surface area contributed by atoms with E-state index in [0.717, 1.165) is 42.6 Å². The summed E-state index contributed by atoms with van der Waals surface area (Å²) in [5, 5.41) is 6.61. The first kappa shape index (κ1) is 24.0. The lowest BCUT2D eigenvalue weighted by Crippen LogP contribution is -2.27. The Morgan fingerprint density at radius 2 is 1.86 bits per heavy atom. The third kappa shape index (κ3) is 5.15. The number of nitrogens with one attached hydrogen (secondary N) is 3. The molecule has 4 aromatic rings. The van der Waals surface area contributed by atoms with Crippen LogP contribution in [0.3, 0.4) is 0 Å². The largest absolute Gasteiger partial charge is 0.340 e. The molecule has 0 aliphatic carbocycles. The molecule has 188 valence electrons. The zero-order valence-electron chi connectivity index (χ0n) is 20.5. The first-order valence-corrected chi connectivity index (χ1v) is 12.1. The molecule has 0 saturated carbocycles. The molecule has 5 rings (SSSR count). The molecular weight excluding hydrogens is 470 g/mol. The summed E-state index contributed by atoms with van der Waals surface area (Å²) in [5.41, 5.74) is 7.67. The van der Waals surface area contributed by atoms with Gasteiger partial charge in [0.25, 0.3) is 5.91 Å². The van der Waals surface area contributed by atoms with Gasteiger partial charge in [-0.2, -0.15) is 5.10 Å². The molecular formula is C26H27N9O2. The molecule has 37 heavy (non-hydrogen) atoms. The number of imidazole rings is 1. The minimum atomic E-state index is -0.0867. The number of likely N-dealkylation sites (tertiary alicyclic amines) is 1. The third-order valence-electron chi connectivity index (χ3n) is 6.25. The standard InChI is InChI=1S/C26H27N9O2/c1-3-23(36)31-19-9-18(11-28-13-19)17-8-16(25(30-12-17)34-27-2)10-22-32-21-15-29-14-20(24(21)33-22)26(37)35-6-4-5-7-35/h8-9,11-15H,2-7,10H2,1H3,(H,30,34)(H,31,36)(H,32,33). The third-order valence-corrected chi connectivity index (χ3v) is 6.25. The van der Waals surface area contributed by atoms with E-state index in [-0.39, 0.29) is 11.8 Å². The van der Waals surface area contributed by atoms with Crippen molar-refractivity contribution in [3.63, 3.8) is 0 Å². The maximum absolute atomic E-state index is 13.0. The number of carbonyl (C=O) groups excluding carboxylic acids is 2. The molecule has 5 heterocycles. The van der Waals surface area contributed by atoms with Gasteiger partial charge in [-0.05, 0) is 25.0 Å². The number of fused-ring (bicyclic) bond motifs is 1. The number of nitrogens with zero attached hydrogens (tertiary/aromatic N) is 6. The van der Waals surface area contributed by atoms with E-state index >= 15 is 0 Å². The van der Waals surface area contributed by atoms with Crippen LogP contribution in [0.1, 0.15) is 47.9 Å². The highest BCUT2D eigenvalue weighted by molar-refractivity contribution is 6.04. The van der Waals surface area contributed by atoms with Gasteiger partial charge in [-0.25, -0.2) is 9.97 Å². The number of aromatic nitrogens is 5. The molecule has 4 aromatic heterocycles. The minimum Gasteiger partial charge on any atom is -0.340 e. The van der Waals surface area contributed by atoms with Crippen molar-refractivity contribution in [3.8, 4) is 11.1 Å². The average Bonchev–Trinajstić information content (AvgIpc) is 3.59. The summed E-state index contributed by atoms with van der Waals surface area (Å²) in [4.78, 5) is 47.8. The van der Waals surface area contributed by atoms with Crippen LogP contribution in [0.4, 0.5) is 11.5 Å². The fourth-order valence-electron chi connectivity index (χ4n) is 4.39. The molecule has 1 saturated heterocycles. The molecule has 2 amide bonds. The normalized spacial score (nSPS) is 13.1. The molecule has 1 aliphatic heterocycles. The number of anilines is 2.